The van der Waals surface area contributed by atoms with Crippen molar-refractivity contribution in [3.8, 4) is 0 Å². The maximum absolute atomic E-state index is 12.7. The lowest BCUT2D eigenvalue weighted by Crippen LogP contribution is -2.45. The molecule has 0 radical (unpaired) electrons. The maximum atomic E-state index is 12.7. The van der Waals surface area contributed by atoms with Gasteiger partial charge < -0.3 is 27.9 Å². The van der Waals surface area contributed by atoms with Gasteiger partial charge in [-0.2, -0.15) is 0 Å². The largest absolute Gasteiger partial charge is 0.639 e. The van der Waals surface area contributed by atoms with Crippen molar-refractivity contribution in [2.75, 3.05) is 39.6 Å². The Morgan fingerprint density at radius 2 is 1.05 bits per heavy atom. The van der Waals surface area contributed by atoms with Crippen LogP contribution in [-0.2, 0) is 27.9 Å². The molecule has 0 spiro atoms. The van der Waals surface area contributed by atoms with E-state index in [1.165, 1.54) is 0 Å². The zero-order valence-electron chi connectivity index (χ0n) is 11.1. The molecule has 120 valence electrons. The van der Waals surface area contributed by atoms with E-state index in [9.17, 15) is 17.6 Å². The Morgan fingerprint density at radius 1 is 0.714 bits per heavy atom. The van der Waals surface area contributed by atoms with E-state index in [1.54, 1.807) is 0 Å². The van der Waals surface area contributed by atoms with Crippen molar-refractivity contribution in [1.82, 2.24) is 0 Å². The molecule has 6 nitrogen and oxygen atoms in total. The minimum absolute atomic E-state index is 0.124. The Labute approximate surface area is 119 Å². The number of rotatable bonds is 6. The van der Waals surface area contributed by atoms with Crippen LogP contribution in [0.5, 0.6) is 0 Å². The van der Waals surface area contributed by atoms with Crippen LogP contribution >= 0.6 is 0 Å². The molecule has 2 rings (SSSR count). The minimum atomic E-state index is -3.00. The Morgan fingerprint density at radius 3 is 1.38 bits per heavy atom. The summed E-state index contributed by atoms with van der Waals surface area (Å²) in [5.74, 6) is -6.00. The van der Waals surface area contributed by atoms with Crippen LogP contribution in [0.25, 0.3) is 0 Å². The first-order valence-corrected chi connectivity index (χ1v) is 6.32. The Balaban J connectivity index is 1.48. The predicted octanol–water partition coefficient (Wildman–Crippen LogP) is 0.744. The molecular formula is C9H14B2F4O6. The van der Waals surface area contributed by atoms with E-state index in [-0.39, 0.29) is 13.2 Å². The summed E-state index contributed by atoms with van der Waals surface area (Å²) in [5.41, 5.74) is 0. The molecule has 21 heavy (non-hydrogen) atoms. The lowest BCUT2D eigenvalue weighted by molar-refractivity contribution is -0.131. The molecule has 0 aromatic rings. The van der Waals surface area contributed by atoms with E-state index >= 15 is 0 Å². The van der Waals surface area contributed by atoms with Gasteiger partial charge in [0, 0.05) is 13.2 Å². The van der Waals surface area contributed by atoms with E-state index in [0.29, 0.717) is 6.42 Å². The monoisotopic (exact) mass is 316 g/mol. The topological polar surface area (TPSA) is 55.4 Å². The van der Waals surface area contributed by atoms with Crippen molar-refractivity contribution in [2.45, 2.75) is 18.3 Å². The first kappa shape index (κ1) is 17.0. The minimum Gasteiger partial charge on any atom is -0.386 e. The van der Waals surface area contributed by atoms with Crippen molar-refractivity contribution in [1.29, 1.82) is 0 Å². The Bertz CT molecular complexity index is 287. The van der Waals surface area contributed by atoms with E-state index in [4.69, 9.17) is 9.31 Å². The Kier molecular flexibility index (Phi) is 5.86. The van der Waals surface area contributed by atoms with Crippen LogP contribution < -0.4 is 0 Å². The lowest BCUT2D eigenvalue weighted by Gasteiger charge is -2.26. The third kappa shape index (κ3) is 6.09. The maximum Gasteiger partial charge on any atom is 0.639 e. The van der Waals surface area contributed by atoms with Gasteiger partial charge in [0.1, 0.15) is 26.4 Å². The molecule has 2 saturated heterocycles. The van der Waals surface area contributed by atoms with Crippen LogP contribution in [0.1, 0.15) is 6.42 Å². The molecule has 2 heterocycles. The van der Waals surface area contributed by atoms with Crippen LogP contribution in [0.15, 0.2) is 0 Å². The van der Waals surface area contributed by atoms with E-state index in [1.807, 2.05) is 0 Å². The first-order chi connectivity index (χ1) is 9.86. The number of hydrogen-bond donors (Lipinski definition) is 0. The van der Waals surface area contributed by atoms with Gasteiger partial charge >= 0.3 is 14.6 Å². The lowest BCUT2D eigenvalue weighted by atomic mass is 10.1. The van der Waals surface area contributed by atoms with Crippen LogP contribution in [-0.4, -0.2) is 66.1 Å². The summed E-state index contributed by atoms with van der Waals surface area (Å²) in [5, 5.41) is 0. The summed E-state index contributed by atoms with van der Waals surface area (Å²) in [7, 11) is -2.27. The van der Waals surface area contributed by atoms with Gasteiger partial charge in [0.2, 0.25) is 0 Å². The second-order valence-corrected chi connectivity index (χ2v) is 4.63. The molecule has 0 N–H and O–H groups in total. The van der Waals surface area contributed by atoms with E-state index in [2.05, 4.69) is 18.6 Å². The SMILES string of the molecule is FC1(F)COB(OCCCOB2OCC(F)(F)CO2)OC1. The highest BCUT2D eigenvalue weighted by atomic mass is 19.3. The zero-order chi connectivity index (χ0) is 15.3. The predicted molar refractivity (Wildman–Crippen MR) is 61.7 cm³/mol. The van der Waals surface area contributed by atoms with Gasteiger partial charge in [-0.1, -0.05) is 0 Å². The highest BCUT2D eigenvalue weighted by Gasteiger charge is 2.42. The Hall–Kier alpha value is -0.390. The van der Waals surface area contributed by atoms with E-state index in [0.717, 1.165) is 0 Å². The summed E-state index contributed by atoms with van der Waals surface area (Å²) < 4.78 is 79.4. The molecule has 2 fully saturated rings. The summed E-state index contributed by atoms with van der Waals surface area (Å²) in [4.78, 5) is 0. The van der Waals surface area contributed by atoms with Gasteiger partial charge in [-0.15, -0.1) is 0 Å². The van der Waals surface area contributed by atoms with Gasteiger partial charge in [-0.3, -0.25) is 0 Å². The summed E-state index contributed by atoms with van der Waals surface area (Å²) in [6.07, 6.45) is 0.360. The molecule has 0 aromatic carbocycles. The van der Waals surface area contributed by atoms with Crippen LogP contribution in [0.4, 0.5) is 17.6 Å². The molecule has 0 aromatic heterocycles. The van der Waals surface area contributed by atoms with E-state index < -0.39 is 52.9 Å². The van der Waals surface area contributed by atoms with Crippen molar-refractivity contribution < 1.29 is 45.5 Å². The molecule has 0 amide bonds. The highest BCUT2D eigenvalue weighted by molar-refractivity contribution is 6.36. The fourth-order valence-electron chi connectivity index (χ4n) is 1.55. The van der Waals surface area contributed by atoms with Crippen LogP contribution in [0, 0.1) is 0 Å². The fraction of sp³-hybridized carbons (Fsp3) is 1.00. The smallest absolute Gasteiger partial charge is 0.386 e. The summed E-state index contributed by atoms with van der Waals surface area (Å²) in [6.45, 7) is -2.78. The number of alkyl halides is 4. The van der Waals surface area contributed by atoms with Crippen molar-refractivity contribution in [3.05, 3.63) is 0 Å². The molecule has 2 aliphatic rings. The number of hydrogen-bond acceptors (Lipinski definition) is 6. The first-order valence-electron chi connectivity index (χ1n) is 6.32. The molecular weight excluding hydrogens is 302 g/mol. The summed E-state index contributed by atoms with van der Waals surface area (Å²) in [6, 6.07) is 0. The van der Waals surface area contributed by atoms with Gasteiger partial charge in [0.15, 0.2) is 0 Å². The zero-order valence-corrected chi connectivity index (χ0v) is 11.1. The van der Waals surface area contributed by atoms with Crippen LogP contribution in [0.2, 0.25) is 0 Å². The van der Waals surface area contributed by atoms with Gasteiger partial charge in [0.25, 0.3) is 11.8 Å². The third-order valence-electron chi connectivity index (χ3n) is 2.52. The van der Waals surface area contributed by atoms with Crippen molar-refractivity contribution >= 4 is 14.6 Å². The molecule has 2 aliphatic heterocycles. The van der Waals surface area contributed by atoms with Crippen molar-refractivity contribution in [2.24, 2.45) is 0 Å². The average molecular weight is 316 g/mol. The molecule has 12 heteroatoms. The highest BCUT2D eigenvalue weighted by Crippen LogP contribution is 2.21. The van der Waals surface area contributed by atoms with Crippen molar-refractivity contribution in [3.63, 3.8) is 0 Å². The van der Waals surface area contributed by atoms with Gasteiger partial charge in [-0.25, -0.2) is 17.6 Å². The molecule has 0 bridgehead atoms. The second kappa shape index (κ2) is 7.25. The second-order valence-electron chi connectivity index (χ2n) is 4.63. The standard InChI is InChI=1S/C9H14B2F4O6/c12-8(13)4-18-10(19-5-8)16-2-1-3-17-11-20-6-9(14,15)7-21-11/h1-7H2. The number of halogens is 4. The quantitative estimate of drug-likeness (QED) is 0.409. The van der Waals surface area contributed by atoms with Gasteiger partial charge in [-0.05, 0) is 6.42 Å². The normalized spacial score (nSPS) is 25.1. The average Bonchev–Trinajstić information content (AvgIpc) is 2.42. The molecule has 0 atom stereocenters. The summed E-state index contributed by atoms with van der Waals surface area (Å²) >= 11 is 0. The molecule has 0 unspecified atom stereocenters. The third-order valence-corrected chi connectivity index (χ3v) is 2.52. The van der Waals surface area contributed by atoms with Crippen LogP contribution in [0.3, 0.4) is 0 Å². The molecule has 0 saturated carbocycles. The van der Waals surface area contributed by atoms with Gasteiger partial charge in [0.05, 0.1) is 0 Å². The fourth-order valence-corrected chi connectivity index (χ4v) is 1.55. The molecule has 0 aliphatic carbocycles.